The molecular formula is C13H18BrFN2O. The Labute approximate surface area is 115 Å². The second kappa shape index (κ2) is 6.10. The number of nitrogens with one attached hydrogen (secondary N) is 1. The molecule has 1 aromatic rings. The van der Waals surface area contributed by atoms with E-state index in [9.17, 15) is 4.39 Å². The number of hydrazine groups is 1. The van der Waals surface area contributed by atoms with Crippen molar-refractivity contribution < 1.29 is 9.13 Å². The van der Waals surface area contributed by atoms with E-state index in [1.807, 2.05) is 0 Å². The first-order valence-corrected chi connectivity index (χ1v) is 6.91. The Balaban J connectivity index is 2.08. The molecule has 3 atom stereocenters. The SMILES string of the molecule is CC1CC(C(Cc2cc(F)ccc2Br)NN)CO1. The third kappa shape index (κ3) is 3.29. The highest BCUT2D eigenvalue weighted by Crippen LogP contribution is 2.26. The first-order valence-electron chi connectivity index (χ1n) is 6.11. The zero-order valence-corrected chi connectivity index (χ0v) is 11.9. The Hall–Kier alpha value is -0.490. The third-order valence-corrected chi connectivity index (χ3v) is 4.23. The van der Waals surface area contributed by atoms with Crippen LogP contribution in [-0.2, 0) is 11.2 Å². The van der Waals surface area contributed by atoms with Gasteiger partial charge in [-0.2, -0.15) is 0 Å². The fourth-order valence-corrected chi connectivity index (χ4v) is 2.84. The van der Waals surface area contributed by atoms with Gasteiger partial charge in [-0.05, 0) is 43.5 Å². The summed E-state index contributed by atoms with van der Waals surface area (Å²) in [5.74, 6) is 5.77. The van der Waals surface area contributed by atoms with E-state index in [0.29, 0.717) is 18.9 Å². The molecule has 3 unspecified atom stereocenters. The van der Waals surface area contributed by atoms with E-state index in [0.717, 1.165) is 16.5 Å². The maximum absolute atomic E-state index is 13.2. The van der Waals surface area contributed by atoms with Crippen molar-refractivity contribution in [3.63, 3.8) is 0 Å². The normalized spacial score (nSPS) is 25.3. The van der Waals surface area contributed by atoms with E-state index < -0.39 is 0 Å². The van der Waals surface area contributed by atoms with Crippen LogP contribution in [0.4, 0.5) is 4.39 Å². The van der Waals surface area contributed by atoms with Gasteiger partial charge in [-0.15, -0.1) is 0 Å². The molecule has 0 aromatic heterocycles. The van der Waals surface area contributed by atoms with Gasteiger partial charge in [0.05, 0.1) is 12.7 Å². The van der Waals surface area contributed by atoms with Gasteiger partial charge in [-0.25, -0.2) is 4.39 Å². The number of ether oxygens (including phenoxy) is 1. The van der Waals surface area contributed by atoms with Crippen molar-refractivity contribution >= 4 is 15.9 Å². The minimum atomic E-state index is -0.222. The Morgan fingerprint density at radius 2 is 2.39 bits per heavy atom. The molecule has 1 fully saturated rings. The fraction of sp³-hybridized carbons (Fsp3) is 0.538. The molecule has 1 aliphatic heterocycles. The van der Waals surface area contributed by atoms with Crippen LogP contribution in [0.3, 0.4) is 0 Å². The smallest absolute Gasteiger partial charge is 0.123 e. The van der Waals surface area contributed by atoms with E-state index in [2.05, 4.69) is 28.3 Å². The molecule has 0 amide bonds. The van der Waals surface area contributed by atoms with E-state index in [-0.39, 0.29) is 18.0 Å². The van der Waals surface area contributed by atoms with Crippen LogP contribution in [0, 0.1) is 11.7 Å². The minimum Gasteiger partial charge on any atom is -0.378 e. The lowest BCUT2D eigenvalue weighted by molar-refractivity contribution is 0.117. The van der Waals surface area contributed by atoms with Crippen LogP contribution in [-0.4, -0.2) is 18.8 Å². The molecule has 0 radical (unpaired) electrons. The molecule has 0 bridgehead atoms. The second-order valence-corrected chi connectivity index (χ2v) is 5.71. The fourth-order valence-electron chi connectivity index (χ4n) is 2.43. The standard InChI is InChI=1S/C13H18BrFN2O/c1-8-4-10(7-18-8)13(17-16)6-9-5-11(15)2-3-12(9)14/h2-3,5,8,10,13,17H,4,6-7,16H2,1H3. The van der Waals surface area contributed by atoms with E-state index in [1.165, 1.54) is 6.07 Å². The van der Waals surface area contributed by atoms with Crippen molar-refractivity contribution in [3.8, 4) is 0 Å². The van der Waals surface area contributed by atoms with Crippen LogP contribution in [0.2, 0.25) is 0 Å². The van der Waals surface area contributed by atoms with E-state index in [4.69, 9.17) is 10.6 Å². The van der Waals surface area contributed by atoms with Crippen molar-refractivity contribution in [1.29, 1.82) is 0 Å². The molecule has 1 aromatic carbocycles. The van der Waals surface area contributed by atoms with Crippen molar-refractivity contribution in [2.45, 2.75) is 31.9 Å². The molecule has 3 N–H and O–H groups in total. The van der Waals surface area contributed by atoms with Crippen LogP contribution in [0.1, 0.15) is 18.9 Å². The lowest BCUT2D eigenvalue weighted by atomic mass is 9.92. The third-order valence-electron chi connectivity index (χ3n) is 3.46. The van der Waals surface area contributed by atoms with Gasteiger partial charge in [0.15, 0.2) is 0 Å². The number of benzene rings is 1. The summed E-state index contributed by atoms with van der Waals surface area (Å²) in [6.45, 7) is 2.77. The van der Waals surface area contributed by atoms with Crippen LogP contribution in [0.25, 0.3) is 0 Å². The molecule has 1 aliphatic rings. The molecule has 0 aliphatic carbocycles. The Bertz CT molecular complexity index is 416. The van der Waals surface area contributed by atoms with Crippen molar-refractivity contribution in [2.24, 2.45) is 11.8 Å². The summed E-state index contributed by atoms with van der Waals surface area (Å²) >= 11 is 3.44. The molecule has 0 saturated carbocycles. The van der Waals surface area contributed by atoms with Gasteiger partial charge in [0, 0.05) is 16.4 Å². The van der Waals surface area contributed by atoms with Gasteiger partial charge < -0.3 is 4.74 Å². The number of rotatable bonds is 4. The summed E-state index contributed by atoms with van der Waals surface area (Å²) in [5.41, 5.74) is 3.76. The summed E-state index contributed by atoms with van der Waals surface area (Å²) < 4.78 is 19.7. The lowest BCUT2D eigenvalue weighted by Gasteiger charge is -2.22. The Morgan fingerprint density at radius 1 is 1.61 bits per heavy atom. The van der Waals surface area contributed by atoms with Gasteiger partial charge in [0.1, 0.15) is 5.82 Å². The summed E-state index contributed by atoms with van der Waals surface area (Å²) in [6.07, 6.45) is 1.96. The zero-order chi connectivity index (χ0) is 13.1. The van der Waals surface area contributed by atoms with Crippen LogP contribution in [0.15, 0.2) is 22.7 Å². The van der Waals surface area contributed by atoms with Gasteiger partial charge in [-0.1, -0.05) is 15.9 Å². The average molecular weight is 317 g/mol. The van der Waals surface area contributed by atoms with Gasteiger partial charge in [0.2, 0.25) is 0 Å². The lowest BCUT2D eigenvalue weighted by Crippen LogP contribution is -2.43. The van der Waals surface area contributed by atoms with Crippen LogP contribution >= 0.6 is 15.9 Å². The highest BCUT2D eigenvalue weighted by Gasteiger charge is 2.29. The number of nitrogens with two attached hydrogens (primary N) is 1. The molecule has 0 spiro atoms. The van der Waals surface area contributed by atoms with Crippen molar-refractivity contribution in [3.05, 3.63) is 34.1 Å². The highest BCUT2D eigenvalue weighted by molar-refractivity contribution is 9.10. The maximum atomic E-state index is 13.2. The maximum Gasteiger partial charge on any atom is 0.123 e. The number of halogens is 2. The predicted molar refractivity (Wildman–Crippen MR) is 72.4 cm³/mol. The molecular weight excluding hydrogens is 299 g/mol. The van der Waals surface area contributed by atoms with Crippen molar-refractivity contribution in [2.75, 3.05) is 6.61 Å². The molecule has 3 nitrogen and oxygen atoms in total. The van der Waals surface area contributed by atoms with Gasteiger partial charge >= 0.3 is 0 Å². The molecule has 1 heterocycles. The predicted octanol–water partition coefficient (Wildman–Crippen LogP) is 2.39. The topological polar surface area (TPSA) is 47.3 Å². The van der Waals surface area contributed by atoms with Crippen LogP contribution < -0.4 is 11.3 Å². The Morgan fingerprint density at radius 3 is 3.00 bits per heavy atom. The summed E-state index contributed by atoms with van der Waals surface area (Å²) in [4.78, 5) is 0. The quantitative estimate of drug-likeness (QED) is 0.662. The van der Waals surface area contributed by atoms with Gasteiger partial charge in [0.25, 0.3) is 0 Å². The zero-order valence-electron chi connectivity index (χ0n) is 10.3. The minimum absolute atomic E-state index is 0.105. The van der Waals surface area contributed by atoms with E-state index in [1.54, 1.807) is 12.1 Å². The first-order chi connectivity index (χ1) is 8.60. The molecule has 18 heavy (non-hydrogen) atoms. The summed E-state index contributed by atoms with van der Waals surface area (Å²) in [5, 5.41) is 0. The van der Waals surface area contributed by atoms with Crippen molar-refractivity contribution in [1.82, 2.24) is 5.43 Å². The highest BCUT2D eigenvalue weighted by atomic mass is 79.9. The summed E-state index contributed by atoms with van der Waals surface area (Å²) in [6, 6.07) is 4.83. The van der Waals surface area contributed by atoms with Crippen LogP contribution in [0.5, 0.6) is 0 Å². The summed E-state index contributed by atoms with van der Waals surface area (Å²) in [7, 11) is 0. The molecule has 100 valence electrons. The molecule has 2 rings (SSSR count). The Kier molecular flexibility index (Phi) is 4.72. The number of hydrogen-bond acceptors (Lipinski definition) is 3. The molecule has 1 saturated heterocycles. The average Bonchev–Trinajstić information content (AvgIpc) is 2.77. The first kappa shape index (κ1) is 13.9. The second-order valence-electron chi connectivity index (χ2n) is 4.85. The monoisotopic (exact) mass is 316 g/mol. The largest absolute Gasteiger partial charge is 0.378 e. The molecule has 5 heteroatoms. The number of hydrogen-bond donors (Lipinski definition) is 2. The van der Waals surface area contributed by atoms with Gasteiger partial charge in [-0.3, -0.25) is 11.3 Å². The van der Waals surface area contributed by atoms with E-state index >= 15 is 0 Å².